The minimum Gasteiger partial charge on any atom is -0.394 e. The number of hydrogen-bond donors (Lipinski definition) is 3. The van der Waals surface area contributed by atoms with Crippen molar-refractivity contribution in [3.63, 3.8) is 0 Å². The molecule has 1 unspecified atom stereocenters. The Hall–Kier alpha value is -1.39. The van der Waals surface area contributed by atoms with Crippen LogP contribution in [0.3, 0.4) is 0 Å². The van der Waals surface area contributed by atoms with Crippen LogP contribution >= 0.6 is 0 Å². The summed E-state index contributed by atoms with van der Waals surface area (Å²) in [6, 6.07) is -0.839. The largest absolute Gasteiger partial charge is 0.394 e. The molecule has 0 bridgehead atoms. The molecule has 0 saturated heterocycles. The standard InChI is InChI=1S/C12H20N2O2/c1-3-5-10(6-4-2)7-8-14-12(16)11(13)9-15/h3-6,11,15H,1,7-9,13H2,2H3,(H,14,16)/b6-4-,10-5+. The summed E-state index contributed by atoms with van der Waals surface area (Å²) in [6.07, 6.45) is 8.19. The van der Waals surface area contributed by atoms with Gasteiger partial charge in [-0.25, -0.2) is 0 Å². The van der Waals surface area contributed by atoms with Crippen LogP contribution in [0.2, 0.25) is 0 Å². The Labute approximate surface area is 96.5 Å². The number of allylic oxidation sites excluding steroid dienone is 4. The predicted molar refractivity (Wildman–Crippen MR) is 65.8 cm³/mol. The van der Waals surface area contributed by atoms with Gasteiger partial charge in [-0.15, -0.1) is 0 Å². The molecule has 4 nitrogen and oxygen atoms in total. The summed E-state index contributed by atoms with van der Waals surface area (Å²) in [6.45, 7) is 5.70. The third-order valence-electron chi connectivity index (χ3n) is 1.96. The van der Waals surface area contributed by atoms with Crippen LogP contribution in [0.1, 0.15) is 13.3 Å². The summed E-state index contributed by atoms with van der Waals surface area (Å²) in [5, 5.41) is 11.3. The van der Waals surface area contributed by atoms with Crippen molar-refractivity contribution in [1.29, 1.82) is 0 Å². The molecule has 0 fully saturated rings. The lowest BCUT2D eigenvalue weighted by Crippen LogP contribution is -2.43. The van der Waals surface area contributed by atoms with Crippen LogP contribution in [0, 0.1) is 0 Å². The fourth-order valence-corrected chi connectivity index (χ4v) is 1.13. The van der Waals surface area contributed by atoms with Crippen molar-refractivity contribution < 1.29 is 9.90 Å². The fourth-order valence-electron chi connectivity index (χ4n) is 1.13. The number of hydrogen-bond acceptors (Lipinski definition) is 3. The lowest BCUT2D eigenvalue weighted by atomic mass is 10.1. The second-order valence-electron chi connectivity index (χ2n) is 3.31. The van der Waals surface area contributed by atoms with E-state index < -0.39 is 6.04 Å². The average Bonchev–Trinajstić information content (AvgIpc) is 2.28. The molecular weight excluding hydrogens is 204 g/mol. The van der Waals surface area contributed by atoms with Gasteiger partial charge in [0.1, 0.15) is 6.04 Å². The molecule has 0 aromatic carbocycles. The van der Waals surface area contributed by atoms with Crippen LogP contribution in [0.5, 0.6) is 0 Å². The number of amides is 1. The Morgan fingerprint density at radius 1 is 1.62 bits per heavy atom. The van der Waals surface area contributed by atoms with Crippen molar-refractivity contribution in [2.24, 2.45) is 5.73 Å². The van der Waals surface area contributed by atoms with Crippen molar-refractivity contribution in [2.75, 3.05) is 13.2 Å². The number of aliphatic hydroxyl groups is 1. The SMILES string of the molecule is C=C/C=C(\C=C/C)CCNC(=O)C(N)CO. The second kappa shape index (κ2) is 8.88. The molecule has 0 heterocycles. The third kappa shape index (κ3) is 6.16. The van der Waals surface area contributed by atoms with Gasteiger partial charge in [-0.2, -0.15) is 0 Å². The van der Waals surface area contributed by atoms with Gasteiger partial charge >= 0.3 is 0 Å². The first-order valence-electron chi connectivity index (χ1n) is 5.24. The number of nitrogens with two attached hydrogens (primary N) is 1. The van der Waals surface area contributed by atoms with Gasteiger partial charge in [0.2, 0.25) is 5.91 Å². The molecule has 1 atom stereocenters. The molecular formula is C12H20N2O2. The predicted octanol–water partition coefficient (Wildman–Crippen LogP) is 0.501. The van der Waals surface area contributed by atoms with E-state index in [0.29, 0.717) is 13.0 Å². The maximum Gasteiger partial charge on any atom is 0.239 e. The van der Waals surface area contributed by atoms with Crippen molar-refractivity contribution in [3.8, 4) is 0 Å². The molecule has 0 aliphatic carbocycles. The van der Waals surface area contributed by atoms with Gasteiger partial charge in [0.05, 0.1) is 6.61 Å². The van der Waals surface area contributed by atoms with Gasteiger partial charge in [-0.1, -0.05) is 30.9 Å². The van der Waals surface area contributed by atoms with E-state index >= 15 is 0 Å². The number of aliphatic hydroxyl groups excluding tert-OH is 1. The van der Waals surface area contributed by atoms with Gasteiger partial charge in [0.25, 0.3) is 0 Å². The molecule has 0 aromatic heterocycles. The Bertz CT molecular complexity index is 283. The Balaban J connectivity index is 4.00. The molecule has 0 aliphatic rings. The van der Waals surface area contributed by atoms with Gasteiger partial charge in [-0.05, 0) is 18.9 Å². The molecule has 0 aliphatic heterocycles. The molecule has 90 valence electrons. The van der Waals surface area contributed by atoms with E-state index in [4.69, 9.17) is 10.8 Å². The summed E-state index contributed by atoms with van der Waals surface area (Å²) in [7, 11) is 0. The topological polar surface area (TPSA) is 75.4 Å². The minimum absolute atomic E-state index is 0.332. The molecule has 1 amide bonds. The highest BCUT2D eigenvalue weighted by Crippen LogP contribution is 2.02. The van der Waals surface area contributed by atoms with Gasteiger partial charge in [0, 0.05) is 6.54 Å². The molecule has 0 radical (unpaired) electrons. The number of nitrogens with one attached hydrogen (secondary N) is 1. The lowest BCUT2D eigenvalue weighted by molar-refractivity contribution is -0.123. The quantitative estimate of drug-likeness (QED) is 0.551. The summed E-state index contributed by atoms with van der Waals surface area (Å²) < 4.78 is 0. The minimum atomic E-state index is -0.839. The summed E-state index contributed by atoms with van der Waals surface area (Å²) >= 11 is 0. The molecule has 0 rings (SSSR count). The Morgan fingerprint density at radius 2 is 2.31 bits per heavy atom. The number of carbonyl (C=O) groups excluding carboxylic acids is 1. The Morgan fingerprint density at radius 3 is 2.81 bits per heavy atom. The van der Waals surface area contributed by atoms with Crippen molar-refractivity contribution in [1.82, 2.24) is 5.32 Å². The molecule has 0 aromatic rings. The average molecular weight is 224 g/mol. The van der Waals surface area contributed by atoms with Crippen LogP contribution in [-0.4, -0.2) is 30.2 Å². The number of carbonyl (C=O) groups is 1. The maximum atomic E-state index is 11.2. The zero-order valence-corrected chi connectivity index (χ0v) is 9.65. The zero-order valence-electron chi connectivity index (χ0n) is 9.65. The number of rotatable bonds is 7. The fraction of sp³-hybridized carbons (Fsp3) is 0.417. The monoisotopic (exact) mass is 224 g/mol. The van der Waals surface area contributed by atoms with E-state index in [0.717, 1.165) is 5.57 Å². The van der Waals surface area contributed by atoms with Crippen molar-refractivity contribution in [2.45, 2.75) is 19.4 Å². The van der Waals surface area contributed by atoms with E-state index in [1.54, 1.807) is 6.08 Å². The normalized spacial score (nSPS) is 13.8. The van der Waals surface area contributed by atoms with Crippen LogP contribution in [0.25, 0.3) is 0 Å². The van der Waals surface area contributed by atoms with Crippen LogP contribution in [0.4, 0.5) is 0 Å². The van der Waals surface area contributed by atoms with E-state index in [-0.39, 0.29) is 12.5 Å². The molecule has 0 saturated carbocycles. The third-order valence-corrected chi connectivity index (χ3v) is 1.96. The smallest absolute Gasteiger partial charge is 0.239 e. The highest BCUT2D eigenvalue weighted by molar-refractivity contribution is 5.81. The highest BCUT2D eigenvalue weighted by Gasteiger charge is 2.10. The first-order chi connectivity index (χ1) is 7.65. The highest BCUT2D eigenvalue weighted by atomic mass is 16.3. The van der Waals surface area contributed by atoms with Gasteiger partial charge in [-0.3, -0.25) is 4.79 Å². The molecule has 0 spiro atoms. The first-order valence-corrected chi connectivity index (χ1v) is 5.24. The summed E-state index contributed by atoms with van der Waals surface area (Å²) in [4.78, 5) is 11.2. The van der Waals surface area contributed by atoms with Crippen molar-refractivity contribution >= 4 is 5.91 Å². The molecule has 4 heteroatoms. The maximum absolute atomic E-state index is 11.2. The second-order valence-corrected chi connectivity index (χ2v) is 3.31. The van der Waals surface area contributed by atoms with E-state index in [9.17, 15) is 4.79 Å². The van der Waals surface area contributed by atoms with E-state index in [2.05, 4.69) is 11.9 Å². The van der Waals surface area contributed by atoms with Gasteiger partial charge in [0.15, 0.2) is 0 Å². The first kappa shape index (κ1) is 14.6. The zero-order chi connectivity index (χ0) is 12.4. The van der Waals surface area contributed by atoms with Crippen LogP contribution in [0.15, 0.2) is 36.5 Å². The van der Waals surface area contributed by atoms with Crippen molar-refractivity contribution in [3.05, 3.63) is 36.5 Å². The van der Waals surface area contributed by atoms with E-state index in [1.807, 2.05) is 25.2 Å². The molecule has 16 heavy (non-hydrogen) atoms. The Kier molecular flexibility index (Phi) is 8.11. The lowest BCUT2D eigenvalue weighted by Gasteiger charge is -2.09. The van der Waals surface area contributed by atoms with Crippen LogP contribution in [-0.2, 0) is 4.79 Å². The van der Waals surface area contributed by atoms with Crippen LogP contribution < -0.4 is 11.1 Å². The van der Waals surface area contributed by atoms with E-state index in [1.165, 1.54) is 0 Å². The molecule has 4 N–H and O–H groups in total. The summed E-state index contributed by atoms with van der Waals surface area (Å²) in [5.41, 5.74) is 6.42. The van der Waals surface area contributed by atoms with Gasteiger partial charge < -0.3 is 16.2 Å². The summed E-state index contributed by atoms with van der Waals surface area (Å²) in [5.74, 6) is -0.332.